The fourth-order valence-corrected chi connectivity index (χ4v) is 2.69. The topological polar surface area (TPSA) is 24.9 Å². The van der Waals surface area contributed by atoms with E-state index in [0.29, 0.717) is 11.1 Å². The number of rotatable bonds is 5. The smallest absolute Gasteiger partial charge is 0.141 e. The van der Waals surface area contributed by atoms with Gasteiger partial charge in [-0.2, -0.15) is 0 Å². The zero-order valence-corrected chi connectivity index (χ0v) is 12.2. The van der Waals surface area contributed by atoms with Crippen molar-refractivity contribution >= 4 is 0 Å². The molecular formula is C17H17F3N2. The summed E-state index contributed by atoms with van der Waals surface area (Å²) >= 11 is 0. The number of benzene rings is 1. The molecular weight excluding hydrogens is 289 g/mol. The van der Waals surface area contributed by atoms with Gasteiger partial charge in [0.15, 0.2) is 0 Å². The van der Waals surface area contributed by atoms with E-state index in [9.17, 15) is 13.2 Å². The minimum Gasteiger partial charge on any atom is -0.303 e. The lowest BCUT2D eigenvalue weighted by Gasteiger charge is -2.24. The predicted octanol–water partition coefficient (Wildman–Crippen LogP) is 4.30. The Kier molecular flexibility index (Phi) is 4.16. The zero-order chi connectivity index (χ0) is 15.7. The van der Waals surface area contributed by atoms with Gasteiger partial charge >= 0.3 is 0 Å². The van der Waals surface area contributed by atoms with E-state index in [-0.39, 0.29) is 18.0 Å². The fraction of sp³-hybridized carbons (Fsp3) is 0.353. The van der Waals surface area contributed by atoms with Crippen molar-refractivity contribution in [2.45, 2.75) is 31.8 Å². The SMILES string of the molecule is C[C@H](N[C@H](c1cc(F)ccc1F)C1CC1)c1cncc(F)c1. The molecule has 0 bridgehead atoms. The van der Waals surface area contributed by atoms with Crippen molar-refractivity contribution in [1.29, 1.82) is 0 Å². The van der Waals surface area contributed by atoms with Crippen LogP contribution in [-0.4, -0.2) is 4.98 Å². The van der Waals surface area contributed by atoms with Gasteiger partial charge in [-0.15, -0.1) is 0 Å². The molecule has 1 aliphatic carbocycles. The molecule has 0 unspecified atom stereocenters. The fourth-order valence-electron chi connectivity index (χ4n) is 2.69. The van der Waals surface area contributed by atoms with Crippen molar-refractivity contribution in [3.05, 3.63) is 65.2 Å². The van der Waals surface area contributed by atoms with Gasteiger partial charge in [-0.3, -0.25) is 4.98 Å². The van der Waals surface area contributed by atoms with Gasteiger partial charge in [-0.25, -0.2) is 13.2 Å². The molecule has 1 aliphatic rings. The molecule has 3 rings (SSSR count). The lowest BCUT2D eigenvalue weighted by molar-refractivity contribution is 0.408. The molecule has 5 heteroatoms. The monoisotopic (exact) mass is 306 g/mol. The number of nitrogens with zero attached hydrogens (tertiary/aromatic N) is 1. The second-order valence-electron chi connectivity index (χ2n) is 5.81. The summed E-state index contributed by atoms with van der Waals surface area (Å²) < 4.78 is 40.8. The molecule has 0 aliphatic heterocycles. The summed E-state index contributed by atoms with van der Waals surface area (Å²) in [4.78, 5) is 3.83. The molecule has 1 N–H and O–H groups in total. The quantitative estimate of drug-likeness (QED) is 0.891. The standard InChI is InChI=1S/C17H17F3N2/c1-10(12-6-14(19)9-21-8-12)22-17(11-2-3-11)15-7-13(18)4-5-16(15)20/h4-11,17,22H,2-3H2,1H3/t10-,17-/m0/s1. The maximum absolute atomic E-state index is 14.0. The Morgan fingerprint density at radius 1 is 1.09 bits per heavy atom. The molecule has 2 atom stereocenters. The molecule has 1 fully saturated rings. The van der Waals surface area contributed by atoms with Crippen LogP contribution in [0.3, 0.4) is 0 Å². The summed E-state index contributed by atoms with van der Waals surface area (Å²) in [5.74, 6) is -1.01. The van der Waals surface area contributed by atoms with Crippen molar-refractivity contribution in [3.8, 4) is 0 Å². The van der Waals surface area contributed by atoms with Gasteiger partial charge in [0.05, 0.1) is 6.20 Å². The number of pyridine rings is 1. The van der Waals surface area contributed by atoms with Gasteiger partial charge in [-0.05, 0) is 55.5 Å². The summed E-state index contributed by atoms with van der Waals surface area (Å²) in [7, 11) is 0. The number of nitrogens with one attached hydrogen (secondary N) is 1. The van der Waals surface area contributed by atoms with E-state index in [2.05, 4.69) is 10.3 Å². The van der Waals surface area contributed by atoms with E-state index in [1.807, 2.05) is 6.92 Å². The summed E-state index contributed by atoms with van der Waals surface area (Å²) in [6, 6.07) is 4.41. The third kappa shape index (κ3) is 3.30. The van der Waals surface area contributed by atoms with Gasteiger partial charge < -0.3 is 5.32 Å². The highest BCUT2D eigenvalue weighted by molar-refractivity contribution is 5.25. The first-order valence-corrected chi connectivity index (χ1v) is 7.36. The molecule has 2 aromatic rings. The van der Waals surface area contributed by atoms with Gasteiger partial charge in [0.25, 0.3) is 0 Å². The maximum Gasteiger partial charge on any atom is 0.141 e. The van der Waals surface area contributed by atoms with E-state index < -0.39 is 17.5 Å². The van der Waals surface area contributed by atoms with Crippen molar-refractivity contribution < 1.29 is 13.2 Å². The summed E-state index contributed by atoms with van der Waals surface area (Å²) in [6.07, 6.45) is 4.66. The Balaban J connectivity index is 1.84. The van der Waals surface area contributed by atoms with Crippen LogP contribution in [0, 0.1) is 23.4 Å². The Morgan fingerprint density at radius 3 is 2.55 bits per heavy atom. The number of hydrogen-bond acceptors (Lipinski definition) is 2. The maximum atomic E-state index is 14.0. The first kappa shape index (κ1) is 15.0. The Hall–Kier alpha value is -1.88. The normalized spacial score (nSPS) is 17.3. The summed E-state index contributed by atoms with van der Waals surface area (Å²) in [6.45, 7) is 1.86. The molecule has 0 amide bonds. The van der Waals surface area contributed by atoms with E-state index in [4.69, 9.17) is 0 Å². The third-order valence-corrected chi connectivity index (χ3v) is 4.04. The van der Waals surface area contributed by atoms with Crippen LogP contribution in [0.5, 0.6) is 0 Å². The average molecular weight is 306 g/mol. The van der Waals surface area contributed by atoms with Gasteiger partial charge in [-0.1, -0.05) is 0 Å². The molecule has 0 radical (unpaired) electrons. The first-order chi connectivity index (χ1) is 10.5. The molecule has 1 aromatic carbocycles. The Morgan fingerprint density at radius 2 is 1.86 bits per heavy atom. The second-order valence-corrected chi connectivity index (χ2v) is 5.81. The Bertz CT molecular complexity index is 671. The van der Waals surface area contributed by atoms with E-state index in [1.165, 1.54) is 12.1 Å². The van der Waals surface area contributed by atoms with E-state index in [1.54, 1.807) is 6.20 Å². The second kappa shape index (κ2) is 6.08. The molecule has 0 saturated heterocycles. The van der Waals surface area contributed by atoms with Gasteiger partial charge in [0.1, 0.15) is 17.5 Å². The Labute approximate surface area is 127 Å². The molecule has 1 aromatic heterocycles. The minimum absolute atomic E-state index is 0.212. The number of hydrogen-bond donors (Lipinski definition) is 1. The van der Waals surface area contributed by atoms with Gasteiger partial charge in [0, 0.05) is 23.8 Å². The van der Waals surface area contributed by atoms with Crippen LogP contribution >= 0.6 is 0 Å². The number of halogens is 3. The lowest BCUT2D eigenvalue weighted by Crippen LogP contribution is -2.27. The van der Waals surface area contributed by atoms with Crippen molar-refractivity contribution in [1.82, 2.24) is 10.3 Å². The van der Waals surface area contributed by atoms with Crippen LogP contribution < -0.4 is 5.32 Å². The molecule has 0 spiro atoms. The van der Waals surface area contributed by atoms with Crippen LogP contribution in [-0.2, 0) is 0 Å². The minimum atomic E-state index is -0.455. The van der Waals surface area contributed by atoms with Crippen molar-refractivity contribution in [2.75, 3.05) is 0 Å². The largest absolute Gasteiger partial charge is 0.303 e. The highest BCUT2D eigenvalue weighted by atomic mass is 19.1. The van der Waals surface area contributed by atoms with Crippen molar-refractivity contribution in [2.24, 2.45) is 5.92 Å². The number of aromatic nitrogens is 1. The van der Waals surface area contributed by atoms with E-state index >= 15 is 0 Å². The summed E-state index contributed by atoms with van der Waals surface area (Å²) in [5.41, 5.74) is 1.01. The van der Waals surface area contributed by atoms with E-state index in [0.717, 1.165) is 31.2 Å². The predicted molar refractivity (Wildman–Crippen MR) is 77.6 cm³/mol. The van der Waals surface area contributed by atoms with Crippen molar-refractivity contribution in [3.63, 3.8) is 0 Å². The van der Waals surface area contributed by atoms with Crippen LogP contribution in [0.4, 0.5) is 13.2 Å². The zero-order valence-electron chi connectivity index (χ0n) is 12.2. The highest BCUT2D eigenvalue weighted by Crippen LogP contribution is 2.43. The summed E-state index contributed by atoms with van der Waals surface area (Å²) in [5, 5.41) is 3.29. The van der Waals surface area contributed by atoms with Crippen LogP contribution in [0.1, 0.15) is 43.0 Å². The highest BCUT2D eigenvalue weighted by Gasteiger charge is 2.35. The van der Waals surface area contributed by atoms with Gasteiger partial charge in [0.2, 0.25) is 0 Å². The molecule has 1 heterocycles. The molecule has 1 saturated carbocycles. The molecule has 22 heavy (non-hydrogen) atoms. The third-order valence-electron chi connectivity index (χ3n) is 4.04. The first-order valence-electron chi connectivity index (χ1n) is 7.36. The van der Waals surface area contributed by atoms with Crippen LogP contribution in [0.15, 0.2) is 36.7 Å². The molecule has 116 valence electrons. The van der Waals surface area contributed by atoms with Crippen LogP contribution in [0.2, 0.25) is 0 Å². The average Bonchev–Trinajstić information content (AvgIpc) is 3.32. The lowest BCUT2D eigenvalue weighted by atomic mass is 9.99. The molecule has 2 nitrogen and oxygen atoms in total. The van der Waals surface area contributed by atoms with Crippen LogP contribution in [0.25, 0.3) is 0 Å².